The summed E-state index contributed by atoms with van der Waals surface area (Å²) in [4.78, 5) is 12.8. The number of aromatic nitrogens is 2. The molecule has 6 nitrogen and oxygen atoms in total. The van der Waals surface area contributed by atoms with Gasteiger partial charge in [-0.15, -0.1) is 10.2 Å². The highest BCUT2D eigenvalue weighted by molar-refractivity contribution is 7.17. The van der Waals surface area contributed by atoms with E-state index in [-0.39, 0.29) is 12.6 Å². The largest absolute Gasteiger partial charge is 0.489 e. The van der Waals surface area contributed by atoms with Crippen molar-refractivity contribution in [1.82, 2.24) is 15.1 Å². The van der Waals surface area contributed by atoms with Crippen LogP contribution in [-0.2, 0) is 17.8 Å². The Morgan fingerprint density at radius 1 is 1.23 bits per heavy atom. The molecule has 0 aliphatic carbocycles. The number of benzene rings is 2. The summed E-state index contributed by atoms with van der Waals surface area (Å²) < 4.78 is 5.70. The number of carboxylic acid groups (broad SMARTS) is 1. The van der Waals surface area contributed by atoms with E-state index in [9.17, 15) is 4.79 Å². The van der Waals surface area contributed by atoms with E-state index in [0.29, 0.717) is 17.3 Å². The van der Waals surface area contributed by atoms with E-state index >= 15 is 0 Å². The van der Waals surface area contributed by atoms with Gasteiger partial charge in [0.2, 0.25) is 0 Å². The fourth-order valence-corrected chi connectivity index (χ4v) is 4.53. The SMILES string of the molecule is CCc1c(CN(C)CC(=O)O)cccc1-c1nnc(-c2ccc(OC(C)C)c(Cl)c2)s1. The number of ether oxygens (including phenoxy) is 1. The summed E-state index contributed by atoms with van der Waals surface area (Å²) in [5.74, 6) is -0.189. The Kier molecular flexibility index (Phi) is 7.64. The Labute approximate surface area is 191 Å². The number of halogens is 1. The van der Waals surface area contributed by atoms with Crippen molar-refractivity contribution < 1.29 is 14.6 Å². The highest BCUT2D eigenvalue weighted by Crippen LogP contribution is 2.36. The first-order chi connectivity index (χ1) is 14.8. The van der Waals surface area contributed by atoms with E-state index in [1.807, 2.05) is 50.2 Å². The summed E-state index contributed by atoms with van der Waals surface area (Å²) in [6.07, 6.45) is 0.861. The molecule has 0 amide bonds. The third-order valence-corrected chi connectivity index (χ3v) is 5.97. The van der Waals surface area contributed by atoms with Crippen LogP contribution in [-0.4, -0.2) is 45.9 Å². The van der Waals surface area contributed by atoms with Crippen LogP contribution >= 0.6 is 22.9 Å². The molecule has 0 spiro atoms. The second-order valence-corrected chi connectivity index (χ2v) is 8.97. The Morgan fingerprint density at radius 2 is 1.97 bits per heavy atom. The van der Waals surface area contributed by atoms with E-state index in [1.54, 1.807) is 11.9 Å². The van der Waals surface area contributed by atoms with Crippen LogP contribution in [0.3, 0.4) is 0 Å². The molecule has 1 aromatic heterocycles. The van der Waals surface area contributed by atoms with Crippen LogP contribution in [0.1, 0.15) is 31.9 Å². The minimum Gasteiger partial charge on any atom is -0.489 e. The van der Waals surface area contributed by atoms with Gasteiger partial charge in [0, 0.05) is 17.7 Å². The third kappa shape index (κ3) is 5.81. The molecule has 0 saturated heterocycles. The fourth-order valence-electron chi connectivity index (χ4n) is 3.41. The van der Waals surface area contributed by atoms with Gasteiger partial charge in [-0.2, -0.15) is 0 Å². The van der Waals surface area contributed by atoms with Crippen LogP contribution in [0, 0.1) is 0 Å². The smallest absolute Gasteiger partial charge is 0.317 e. The molecule has 0 unspecified atom stereocenters. The van der Waals surface area contributed by atoms with Crippen molar-refractivity contribution in [2.75, 3.05) is 13.6 Å². The molecule has 0 fully saturated rings. The normalized spacial score (nSPS) is 11.3. The van der Waals surface area contributed by atoms with Crippen molar-refractivity contribution >= 4 is 28.9 Å². The topological polar surface area (TPSA) is 75.6 Å². The molecule has 1 heterocycles. The monoisotopic (exact) mass is 459 g/mol. The summed E-state index contributed by atoms with van der Waals surface area (Å²) >= 11 is 7.89. The maximum Gasteiger partial charge on any atom is 0.317 e. The number of carboxylic acids is 1. The first kappa shape index (κ1) is 23.2. The van der Waals surface area contributed by atoms with Gasteiger partial charge in [-0.1, -0.05) is 48.1 Å². The lowest BCUT2D eigenvalue weighted by Gasteiger charge is -2.18. The Bertz CT molecular complexity index is 1070. The van der Waals surface area contributed by atoms with Crippen LogP contribution in [0.5, 0.6) is 5.75 Å². The van der Waals surface area contributed by atoms with Crippen molar-refractivity contribution in [2.24, 2.45) is 0 Å². The molecule has 1 N–H and O–H groups in total. The minimum atomic E-state index is -0.839. The molecule has 0 atom stereocenters. The summed E-state index contributed by atoms with van der Waals surface area (Å²) in [5.41, 5.74) is 4.17. The average Bonchev–Trinajstić information content (AvgIpc) is 3.18. The second-order valence-electron chi connectivity index (χ2n) is 7.59. The minimum absolute atomic E-state index is 0.00633. The number of aliphatic carboxylic acids is 1. The van der Waals surface area contributed by atoms with Gasteiger partial charge in [0.15, 0.2) is 0 Å². The lowest BCUT2D eigenvalue weighted by atomic mass is 9.98. The lowest BCUT2D eigenvalue weighted by molar-refractivity contribution is -0.138. The van der Waals surface area contributed by atoms with E-state index in [1.165, 1.54) is 11.3 Å². The fraction of sp³-hybridized carbons (Fsp3) is 0.348. The molecule has 0 saturated carbocycles. The number of nitrogens with zero attached hydrogens (tertiary/aromatic N) is 3. The molecule has 8 heteroatoms. The first-order valence-corrected chi connectivity index (χ1v) is 11.3. The zero-order valence-corrected chi connectivity index (χ0v) is 19.6. The van der Waals surface area contributed by atoms with Crippen LogP contribution in [0.15, 0.2) is 36.4 Å². The summed E-state index contributed by atoms with van der Waals surface area (Å²) in [7, 11) is 1.81. The van der Waals surface area contributed by atoms with Crippen LogP contribution in [0.2, 0.25) is 5.02 Å². The maximum absolute atomic E-state index is 11.0. The average molecular weight is 460 g/mol. The van der Waals surface area contributed by atoms with Gasteiger partial charge >= 0.3 is 5.97 Å². The zero-order valence-electron chi connectivity index (χ0n) is 18.1. The van der Waals surface area contributed by atoms with Gasteiger partial charge in [0.05, 0.1) is 17.7 Å². The Balaban J connectivity index is 1.89. The quantitative estimate of drug-likeness (QED) is 0.462. The molecule has 31 heavy (non-hydrogen) atoms. The second kappa shape index (κ2) is 10.2. The molecule has 2 aromatic carbocycles. The zero-order chi connectivity index (χ0) is 22.5. The molecule has 0 aliphatic rings. The molecule has 164 valence electrons. The van der Waals surface area contributed by atoms with Crippen LogP contribution in [0.25, 0.3) is 21.1 Å². The van der Waals surface area contributed by atoms with Gasteiger partial charge in [0.1, 0.15) is 15.8 Å². The molecule has 0 aliphatic heterocycles. The van der Waals surface area contributed by atoms with Crippen molar-refractivity contribution in [3.63, 3.8) is 0 Å². The highest BCUT2D eigenvalue weighted by Gasteiger charge is 2.16. The van der Waals surface area contributed by atoms with Crippen molar-refractivity contribution in [1.29, 1.82) is 0 Å². The number of hydrogen-bond donors (Lipinski definition) is 1. The van der Waals surface area contributed by atoms with Crippen LogP contribution in [0.4, 0.5) is 0 Å². The predicted octanol–water partition coefficient (Wildman–Crippen LogP) is 5.39. The van der Waals surface area contributed by atoms with E-state index in [2.05, 4.69) is 17.1 Å². The Morgan fingerprint density at radius 3 is 2.61 bits per heavy atom. The van der Waals surface area contributed by atoms with Crippen LogP contribution < -0.4 is 4.74 Å². The van der Waals surface area contributed by atoms with E-state index in [4.69, 9.17) is 21.4 Å². The number of carbonyl (C=O) groups is 1. The number of rotatable bonds is 9. The molecule has 3 rings (SSSR count). The summed E-state index contributed by atoms with van der Waals surface area (Å²) in [5, 5.41) is 20.0. The molecule has 3 aromatic rings. The van der Waals surface area contributed by atoms with Crippen molar-refractivity contribution in [3.8, 4) is 26.9 Å². The molecule has 0 bridgehead atoms. The standard InChI is InChI=1S/C23H26ClN3O3S/c1-5-17-16(12-27(4)13-21(28)29)7-6-8-18(17)23-26-25-22(31-23)15-9-10-20(19(24)11-15)30-14(2)3/h6-11,14H,5,12-13H2,1-4H3,(H,28,29). The molecule has 0 radical (unpaired) electrons. The highest BCUT2D eigenvalue weighted by atomic mass is 35.5. The summed E-state index contributed by atoms with van der Waals surface area (Å²) in [6.45, 7) is 6.56. The number of hydrogen-bond acceptors (Lipinski definition) is 6. The van der Waals surface area contributed by atoms with E-state index < -0.39 is 5.97 Å². The third-order valence-electron chi connectivity index (χ3n) is 4.67. The van der Waals surface area contributed by atoms with Gasteiger partial charge in [-0.25, -0.2) is 0 Å². The number of likely N-dealkylation sites (N-methyl/N-ethyl adjacent to an activating group) is 1. The van der Waals surface area contributed by atoms with Crippen molar-refractivity contribution in [3.05, 3.63) is 52.5 Å². The predicted molar refractivity (Wildman–Crippen MR) is 125 cm³/mol. The van der Waals surface area contributed by atoms with Crippen molar-refractivity contribution in [2.45, 2.75) is 39.8 Å². The maximum atomic E-state index is 11.0. The molecular formula is C23H26ClN3O3S. The Hall–Kier alpha value is -2.48. The van der Waals surface area contributed by atoms with Gasteiger partial charge in [-0.3, -0.25) is 9.69 Å². The first-order valence-electron chi connectivity index (χ1n) is 10.1. The van der Waals surface area contributed by atoms with Gasteiger partial charge in [0.25, 0.3) is 0 Å². The lowest BCUT2D eigenvalue weighted by Crippen LogP contribution is -2.25. The van der Waals surface area contributed by atoms with Gasteiger partial charge < -0.3 is 9.84 Å². The van der Waals surface area contributed by atoms with E-state index in [0.717, 1.165) is 38.7 Å². The summed E-state index contributed by atoms with van der Waals surface area (Å²) in [6, 6.07) is 11.7. The van der Waals surface area contributed by atoms with Gasteiger partial charge in [-0.05, 0) is 56.6 Å². The molecular weight excluding hydrogens is 434 g/mol.